The number of ether oxygens (including phenoxy) is 2. The maximum Gasteiger partial charge on any atom is 0.194 e. The zero-order chi connectivity index (χ0) is 19.2. The highest BCUT2D eigenvalue weighted by Crippen LogP contribution is 2.20. The van der Waals surface area contributed by atoms with Gasteiger partial charge in [0.15, 0.2) is 5.96 Å². The number of nitrogens with zero attached hydrogens (tertiary/aromatic N) is 2. The minimum Gasteiger partial charge on any atom is -0.459 e. The van der Waals surface area contributed by atoms with Crippen molar-refractivity contribution in [2.24, 2.45) is 4.99 Å². The number of halogens is 1. The summed E-state index contributed by atoms with van der Waals surface area (Å²) in [7, 11) is 1.84. The van der Waals surface area contributed by atoms with E-state index < -0.39 is 0 Å². The SMILES string of the molecule is CN=C(NCc1cc2ccccc2o1)N1CCC(OCC2CCCCO2)CC1.I. The molecule has 29 heavy (non-hydrogen) atoms. The number of likely N-dealkylation sites (tertiary alicyclic amines) is 1. The fourth-order valence-electron chi connectivity index (χ4n) is 4.04. The molecule has 2 aliphatic heterocycles. The van der Waals surface area contributed by atoms with Crippen LogP contribution in [0.5, 0.6) is 0 Å². The van der Waals surface area contributed by atoms with Crippen molar-refractivity contribution < 1.29 is 13.9 Å². The number of fused-ring (bicyclic) bond motifs is 1. The minimum absolute atomic E-state index is 0. The number of guanidine groups is 1. The second-order valence-electron chi connectivity index (χ2n) is 7.66. The summed E-state index contributed by atoms with van der Waals surface area (Å²) < 4.78 is 17.8. The van der Waals surface area contributed by atoms with Gasteiger partial charge in [0.2, 0.25) is 0 Å². The van der Waals surface area contributed by atoms with Crippen LogP contribution in [0, 0.1) is 0 Å². The smallest absolute Gasteiger partial charge is 0.194 e. The predicted octanol–water partition coefficient (Wildman–Crippen LogP) is 4.18. The van der Waals surface area contributed by atoms with E-state index in [1.165, 1.54) is 12.8 Å². The highest BCUT2D eigenvalue weighted by molar-refractivity contribution is 14.0. The van der Waals surface area contributed by atoms with Crippen LogP contribution in [0.4, 0.5) is 0 Å². The van der Waals surface area contributed by atoms with Gasteiger partial charge in [-0.25, -0.2) is 0 Å². The second-order valence-corrected chi connectivity index (χ2v) is 7.66. The van der Waals surface area contributed by atoms with Crippen molar-refractivity contribution in [3.8, 4) is 0 Å². The Bertz CT molecular complexity index is 747. The predicted molar refractivity (Wildman–Crippen MR) is 126 cm³/mol. The first-order valence-corrected chi connectivity index (χ1v) is 10.5. The molecule has 1 atom stereocenters. The van der Waals surface area contributed by atoms with Crippen molar-refractivity contribution in [2.75, 3.05) is 33.4 Å². The highest BCUT2D eigenvalue weighted by atomic mass is 127. The maximum atomic E-state index is 6.12. The molecule has 1 unspecified atom stereocenters. The molecule has 3 heterocycles. The molecular formula is C22H32IN3O3. The van der Waals surface area contributed by atoms with Gasteiger partial charge >= 0.3 is 0 Å². The van der Waals surface area contributed by atoms with Gasteiger partial charge in [0.05, 0.1) is 25.4 Å². The molecule has 1 N–H and O–H groups in total. The van der Waals surface area contributed by atoms with Gasteiger partial charge in [0.25, 0.3) is 0 Å². The lowest BCUT2D eigenvalue weighted by molar-refractivity contribution is -0.0721. The Morgan fingerprint density at radius 2 is 2.03 bits per heavy atom. The summed E-state index contributed by atoms with van der Waals surface area (Å²) in [5.74, 6) is 1.85. The van der Waals surface area contributed by atoms with E-state index in [4.69, 9.17) is 13.9 Å². The summed E-state index contributed by atoms with van der Waals surface area (Å²) in [5, 5.41) is 4.57. The van der Waals surface area contributed by atoms with Crippen LogP contribution in [0.25, 0.3) is 11.0 Å². The average Bonchev–Trinajstić information content (AvgIpc) is 3.17. The van der Waals surface area contributed by atoms with E-state index in [2.05, 4.69) is 27.3 Å². The summed E-state index contributed by atoms with van der Waals surface area (Å²) in [6.45, 7) is 4.17. The molecule has 4 rings (SSSR count). The van der Waals surface area contributed by atoms with Gasteiger partial charge < -0.3 is 24.1 Å². The standard InChI is InChI=1S/C22H31N3O3.HI/c1-23-22(24-15-20-14-17-6-2-3-8-21(17)28-20)25-11-9-18(10-12-25)27-16-19-7-4-5-13-26-19;/h2-3,6,8,14,18-19H,4-5,7,9-13,15-16H2,1H3,(H,23,24);1H. The van der Waals surface area contributed by atoms with Gasteiger partial charge in [-0.2, -0.15) is 0 Å². The quantitative estimate of drug-likeness (QED) is 0.370. The molecule has 0 saturated carbocycles. The lowest BCUT2D eigenvalue weighted by Gasteiger charge is -2.35. The number of para-hydroxylation sites is 1. The maximum absolute atomic E-state index is 6.12. The average molecular weight is 513 g/mol. The normalized spacial score (nSPS) is 21.2. The number of furan rings is 1. The third-order valence-corrected chi connectivity index (χ3v) is 5.64. The molecule has 7 heteroatoms. The van der Waals surface area contributed by atoms with Crippen LogP contribution >= 0.6 is 24.0 Å². The van der Waals surface area contributed by atoms with Crippen molar-refractivity contribution in [1.29, 1.82) is 0 Å². The summed E-state index contributed by atoms with van der Waals surface area (Å²) in [6.07, 6.45) is 6.27. The molecule has 2 aliphatic rings. The van der Waals surface area contributed by atoms with Gasteiger partial charge in [-0.15, -0.1) is 24.0 Å². The van der Waals surface area contributed by atoms with E-state index in [9.17, 15) is 0 Å². The molecule has 6 nitrogen and oxygen atoms in total. The van der Waals surface area contributed by atoms with E-state index in [-0.39, 0.29) is 24.0 Å². The van der Waals surface area contributed by atoms with Crippen molar-refractivity contribution in [3.05, 3.63) is 36.1 Å². The number of hydrogen-bond acceptors (Lipinski definition) is 4. The lowest BCUT2D eigenvalue weighted by Crippen LogP contribution is -2.47. The van der Waals surface area contributed by atoms with E-state index in [1.807, 2.05) is 25.2 Å². The van der Waals surface area contributed by atoms with Crippen LogP contribution in [0.2, 0.25) is 0 Å². The first kappa shape index (κ1) is 22.4. The van der Waals surface area contributed by atoms with E-state index in [1.54, 1.807) is 0 Å². The molecule has 0 aliphatic carbocycles. The molecule has 1 aromatic heterocycles. The fraction of sp³-hybridized carbons (Fsp3) is 0.591. The Morgan fingerprint density at radius 1 is 1.21 bits per heavy atom. The van der Waals surface area contributed by atoms with Crippen LogP contribution in [0.15, 0.2) is 39.7 Å². The molecule has 0 spiro atoms. The monoisotopic (exact) mass is 513 g/mol. The van der Waals surface area contributed by atoms with Gasteiger partial charge in [0, 0.05) is 32.1 Å². The topological polar surface area (TPSA) is 59.2 Å². The van der Waals surface area contributed by atoms with Crippen LogP contribution in [0.3, 0.4) is 0 Å². The largest absolute Gasteiger partial charge is 0.459 e. The number of aliphatic imine (C=N–C) groups is 1. The third-order valence-electron chi connectivity index (χ3n) is 5.64. The molecule has 0 radical (unpaired) electrons. The first-order chi connectivity index (χ1) is 13.8. The molecular weight excluding hydrogens is 481 g/mol. The Hall–Kier alpha value is -1.32. The van der Waals surface area contributed by atoms with Crippen LogP contribution in [0.1, 0.15) is 37.9 Å². The minimum atomic E-state index is 0. The number of rotatable bonds is 5. The Labute approximate surface area is 190 Å². The van der Waals surface area contributed by atoms with Gasteiger partial charge in [-0.05, 0) is 44.2 Å². The zero-order valence-electron chi connectivity index (χ0n) is 17.1. The first-order valence-electron chi connectivity index (χ1n) is 10.5. The second kappa shape index (κ2) is 11.2. The Balaban J connectivity index is 0.00000240. The van der Waals surface area contributed by atoms with Gasteiger partial charge in [-0.3, -0.25) is 4.99 Å². The molecule has 160 valence electrons. The van der Waals surface area contributed by atoms with Gasteiger partial charge in [-0.1, -0.05) is 18.2 Å². The number of nitrogens with one attached hydrogen (secondary N) is 1. The molecule has 2 aromatic rings. The summed E-state index contributed by atoms with van der Waals surface area (Å²) >= 11 is 0. The van der Waals surface area contributed by atoms with Crippen LogP contribution < -0.4 is 5.32 Å². The molecule has 2 fully saturated rings. The Morgan fingerprint density at radius 3 is 2.76 bits per heavy atom. The number of benzene rings is 1. The van der Waals surface area contributed by atoms with Crippen molar-refractivity contribution >= 4 is 40.9 Å². The number of piperidine rings is 1. The molecule has 0 amide bonds. The zero-order valence-corrected chi connectivity index (χ0v) is 19.5. The summed E-state index contributed by atoms with van der Waals surface area (Å²) in [5.41, 5.74) is 0.925. The van der Waals surface area contributed by atoms with E-state index in [0.717, 1.165) is 68.3 Å². The van der Waals surface area contributed by atoms with E-state index in [0.29, 0.717) is 18.8 Å². The van der Waals surface area contributed by atoms with Crippen molar-refractivity contribution in [3.63, 3.8) is 0 Å². The number of hydrogen-bond donors (Lipinski definition) is 1. The van der Waals surface area contributed by atoms with Crippen LogP contribution in [-0.4, -0.2) is 56.4 Å². The fourth-order valence-corrected chi connectivity index (χ4v) is 4.04. The van der Waals surface area contributed by atoms with E-state index >= 15 is 0 Å². The highest BCUT2D eigenvalue weighted by Gasteiger charge is 2.23. The van der Waals surface area contributed by atoms with Crippen molar-refractivity contribution in [2.45, 2.75) is 50.9 Å². The molecule has 0 bridgehead atoms. The van der Waals surface area contributed by atoms with Crippen molar-refractivity contribution in [1.82, 2.24) is 10.2 Å². The van der Waals surface area contributed by atoms with Gasteiger partial charge in [0.1, 0.15) is 11.3 Å². The molecule has 1 aromatic carbocycles. The summed E-state index contributed by atoms with van der Waals surface area (Å²) in [6, 6.07) is 10.2. The molecule has 2 saturated heterocycles. The van der Waals surface area contributed by atoms with Crippen LogP contribution in [-0.2, 0) is 16.0 Å². The Kier molecular flexibility index (Phi) is 8.62. The third kappa shape index (κ3) is 6.08. The lowest BCUT2D eigenvalue weighted by atomic mass is 10.1. The summed E-state index contributed by atoms with van der Waals surface area (Å²) in [4.78, 5) is 6.76.